The van der Waals surface area contributed by atoms with Crippen LogP contribution in [0.3, 0.4) is 0 Å². The summed E-state index contributed by atoms with van der Waals surface area (Å²) in [5.74, 6) is 0.794. The fraction of sp³-hybridized carbons (Fsp3) is 0.286. The second-order valence-corrected chi connectivity index (χ2v) is 5.60. The van der Waals surface area contributed by atoms with Gasteiger partial charge in [-0.05, 0) is 16.7 Å². The van der Waals surface area contributed by atoms with E-state index in [0.29, 0.717) is 0 Å². The molecule has 2 aromatic rings. The average Bonchev–Trinajstić information content (AvgIpc) is 2.26. The number of rotatable bonds is 3. The first-order chi connectivity index (χ1) is 7.27. The number of hydrogen-bond acceptors (Lipinski definition) is 0. The van der Waals surface area contributed by atoms with Crippen LogP contribution in [-0.4, -0.2) is 9.52 Å². The highest BCUT2D eigenvalue weighted by Gasteiger charge is 2.02. The Balaban J connectivity index is 2.34. The lowest BCUT2D eigenvalue weighted by Crippen LogP contribution is -2.16. The van der Waals surface area contributed by atoms with Crippen molar-refractivity contribution in [1.82, 2.24) is 0 Å². The Kier molecular flexibility index (Phi) is 3.22. The highest BCUT2D eigenvalue weighted by atomic mass is 28.2. The van der Waals surface area contributed by atoms with Gasteiger partial charge in [-0.15, -0.1) is 0 Å². The van der Waals surface area contributed by atoms with E-state index in [0.717, 1.165) is 15.4 Å². The van der Waals surface area contributed by atoms with Crippen molar-refractivity contribution in [3.63, 3.8) is 0 Å². The lowest BCUT2D eigenvalue weighted by molar-refractivity contribution is 0.733. The summed E-state index contributed by atoms with van der Waals surface area (Å²) in [6.45, 7) is 4.58. The molecule has 0 nitrogen and oxygen atoms in total. The highest BCUT2D eigenvalue weighted by molar-refractivity contribution is 6.57. The van der Waals surface area contributed by atoms with Gasteiger partial charge >= 0.3 is 0 Å². The predicted molar refractivity (Wildman–Crippen MR) is 69.0 cm³/mol. The SMILES string of the molecule is CC(C)C[Si]c1cccc2ccccc12. The van der Waals surface area contributed by atoms with E-state index in [9.17, 15) is 0 Å². The van der Waals surface area contributed by atoms with Gasteiger partial charge in [0.25, 0.3) is 0 Å². The summed E-state index contributed by atoms with van der Waals surface area (Å²) in [6.07, 6.45) is 0. The second kappa shape index (κ2) is 4.62. The van der Waals surface area contributed by atoms with Crippen LogP contribution in [0.5, 0.6) is 0 Å². The molecule has 76 valence electrons. The zero-order valence-corrected chi connectivity index (χ0v) is 10.3. The van der Waals surface area contributed by atoms with Gasteiger partial charge in [0, 0.05) is 0 Å². The van der Waals surface area contributed by atoms with E-state index < -0.39 is 0 Å². The minimum Gasteiger partial charge on any atom is -0.0630 e. The molecule has 0 bridgehead atoms. The van der Waals surface area contributed by atoms with E-state index >= 15 is 0 Å². The molecule has 0 saturated heterocycles. The zero-order valence-electron chi connectivity index (χ0n) is 9.33. The molecule has 0 spiro atoms. The molecule has 2 radical (unpaired) electrons. The number of fused-ring (bicyclic) bond motifs is 1. The molecule has 0 amide bonds. The largest absolute Gasteiger partial charge is 0.0819 e. The third-order valence-electron chi connectivity index (χ3n) is 2.49. The Hall–Kier alpha value is -1.08. The van der Waals surface area contributed by atoms with E-state index in [4.69, 9.17) is 0 Å². The van der Waals surface area contributed by atoms with Crippen LogP contribution in [0.4, 0.5) is 0 Å². The molecule has 0 aliphatic heterocycles. The van der Waals surface area contributed by atoms with Crippen LogP contribution in [-0.2, 0) is 0 Å². The summed E-state index contributed by atoms with van der Waals surface area (Å²) in [5.41, 5.74) is 0. The molecule has 0 N–H and O–H groups in total. The van der Waals surface area contributed by atoms with Crippen LogP contribution < -0.4 is 5.19 Å². The maximum Gasteiger partial charge on any atom is 0.0819 e. The van der Waals surface area contributed by atoms with Gasteiger partial charge < -0.3 is 0 Å². The summed E-state index contributed by atoms with van der Waals surface area (Å²) < 4.78 is 0. The molecule has 15 heavy (non-hydrogen) atoms. The van der Waals surface area contributed by atoms with Gasteiger partial charge in [-0.1, -0.05) is 67.5 Å². The number of hydrogen-bond donors (Lipinski definition) is 0. The van der Waals surface area contributed by atoms with Gasteiger partial charge in [0.1, 0.15) is 0 Å². The number of benzene rings is 2. The first-order valence-electron chi connectivity index (χ1n) is 5.49. The maximum atomic E-state index is 2.29. The standard InChI is InChI=1S/C14H16Si/c1-11(2)10-15-14-9-5-7-12-6-3-4-8-13(12)14/h3-9,11H,10H2,1-2H3. The quantitative estimate of drug-likeness (QED) is 0.685. The third-order valence-corrected chi connectivity index (χ3v) is 4.33. The molecule has 0 fully saturated rings. The van der Waals surface area contributed by atoms with Crippen LogP contribution >= 0.6 is 0 Å². The van der Waals surface area contributed by atoms with Gasteiger partial charge in [-0.3, -0.25) is 0 Å². The van der Waals surface area contributed by atoms with Crippen molar-refractivity contribution in [1.29, 1.82) is 0 Å². The van der Waals surface area contributed by atoms with E-state index in [1.165, 1.54) is 22.0 Å². The van der Waals surface area contributed by atoms with Gasteiger partial charge in [0.2, 0.25) is 0 Å². The third kappa shape index (κ3) is 2.48. The fourth-order valence-electron chi connectivity index (χ4n) is 1.69. The summed E-state index contributed by atoms with van der Waals surface area (Å²) >= 11 is 0. The Bertz CT molecular complexity index is 441. The fourth-order valence-corrected chi connectivity index (χ4v) is 2.95. The van der Waals surface area contributed by atoms with Crippen LogP contribution in [0.1, 0.15) is 13.8 Å². The van der Waals surface area contributed by atoms with Crippen molar-refractivity contribution < 1.29 is 0 Å². The lowest BCUT2D eigenvalue weighted by atomic mass is 10.1. The van der Waals surface area contributed by atoms with Gasteiger partial charge in [0.15, 0.2) is 0 Å². The Morgan fingerprint density at radius 3 is 2.53 bits per heavy atom. The Morgan fingerprint density at radius 1 is 1.00 bits per heavy atom. The van der Waals surface area contributed by atoms with E-state index in [1.54, 1.807) is 0 Å². The minimum atomic E-state index is 0.794. The molecule has 1 heteroatoms. The molecule has 2 aromatic carbocycles. The molecular formula is C14H16Si. The second-order valence-electron chi connectivity index (χ2n) is 4.30. The Labute approximate surface area is 94.1 Å². The molecule has 0 heterocycles. The molecular weight excluding hydrogens is 196 g/mol. The molecule has 0 saturated carbocycles. The van der Waals surface area contributed by atoms with Gasteiger partial charge in [-0.25, -0.2) is 0 Å². The zero-order chi connectivity index (χ0) is 10.7. The van der Waals surface area contributed by atoms with Crippen molar-refractivity contribution >= 4 is 25.5 Å². The Morgan fingerprint density at radius 2 is 1.73 bits per heavy atom. The first kappa shape index (κ1) is 10.4. The summed E-state index contributed by atoms with van der Waals surface area (Å²) in [6, 6.07) is 16.6. The van der Waals surface area contributed by atoms with Crippen molar-refractivity contribution in [2.75, 3.05) is 0 Å². The van der Waals surface area contributed by atoms with E-state index in [-0.39, 0.29) is 0 Å². The first-order valence-corrected chi connectivity index (χ1v) is 6.69. The van der Waals surface area contributed by atoms with Crippen molar-refractivity contribution in [3.05, 3.63) is 42.5 Å². The van der Waals surface area contributed by atoms with Crippen molar-refractivity contribution in [2.45, 2.75) is 19.9 Å². The van der Waals surface area contributed by atoms with Gasteiger partial charge in [-0.2, -0.15) is 0 Å². The molecule has 0 unspecified atom stereocenters. The van der Waals surface area contributed by atoms with Crippen LogP contribution in [0.2, 0.25) is 6.04 Å². The monoisotopic (exact) mass is 212 g/mol. The molecule has 0 atom stereocenters. The molecule has 0 aliphatic rings. The van der Waals surface area contributed by atoms with E-state index in [1.807, 2.05) is 0 Å². The lowest BCUT2D eigenvalue weighted by Gasteiger charge is -2.07. The summed E-state index contributed by atoms with van der Waals surface area (Å²) in [7, 11) is 0.939. The molecule has 0 aromatic heterocycles. The predicted octanol–water partition coefficient (Wildman–Crippen LogP) is 3.24. The molecule has 2 rings (SSSR count). The highest BCUT2D eigenvalue weighted by Crippen LogP contribution is 2.11. The molecule has 0 aliphatic carbocycles. The maximum absolute atomic E-state index is 2.29. The van der Waals surface area contributed by atoms with Crippen molar-refractivity contribution in [3.8, 4) is 0 Å². The minimum absolute atomic E-state index is 0.794. The summed E-state index contributed by atoms with van der Waals surface area (Å²) in [4.78, 5) is 0. The van der Waals surface area contributed by atoms with Crippen molar-refractivity contribution in [2.24, 2.45) is 5.92 Å². The smallest absolute Gasteiger partial charge is 0.0630 e. The average molecular weight is 212 g/mol. The normalized spacial score (nSPS) is 11.1. The topological polar surface area (TPSA) is 0 Å². The van der Waals surface area contributed by atoms with E-state index in [2.05, 4.69) is 56.3 Å². The van der Waals surface area contributed by atoms with Crippen LogP contribution in [0.25, 0.3) is 10.8 Å². The summed E-state index contributed by atoms with van der Waals surface area (Å²) in [5, 5.41) is 4.31. The van der Waals surface area contributed by atoms with Gasteiger partial charge in [0.05, 0.1) is 9.52 Å². The van der Waals surface area contributed by atoms with Crippen LogP contribution in [0.15, 0.2) is 42.5 Å². The van der Waals surface area contributed by atoms with Crippen LogP contribution in [0, 0.1) is 5.92 Å².